The highest BCUT2D eigenvalue weighted by Gasteiger charge is 2.17. The Morgan fingerprint density at radius 3 is 1.66 bits per heavy atom. The molecule has 8 aromatic carbocycles. The van der Waals surface area contributed by atoms with Gasteiger partial charge in [-0.3, -0.25) is 0 Å². The zero-order valence-corrected chi connectivity index (χ0v) is 31.6. The number of nitrogens with zero attached hydrogens (tertiary/aromatic N) is 4. The van der Waals surface area contributed by atoms with Crippen molar-refractivity contribution in [1.82, 2.24) is 15.0 Å². The molecule has 0 saturated carbocycles. The molecular formula is C53H34N4O. The summed E-state index contributed by atoms with van der Waals surface area (Å²) >= 11 is 0. The Hall–Kier alpha value is -7.94. The van der Waals surface area contributed by atoms with Crippen molar-refractivity contribution in [1.29, 1.82) is 5.26 Å². The molecule has 2 heterocycles. The van der Waals surface area contributed by atoms with Crippen molar-refractivity contribution in [2.24, 2.45) is 0 Å². The molecule has 0 aliphatic heterocycles. The van der Waals surface area contributed by atoms with Crippen LogP contribution in [0.25, 0.3) is 101 Å². The van der Waals surface area contributed by atoms with Gasteiger partial charge in [0, 0.05) is 27.5 Å². The van der Waals surface area contributed by atoms with Crippen molar-refractivity contribution in [3.8, 4) is 84.7 Å². The molecule has 0 unspecified atom stereocenters. The molecule has 5 heteroatoms. The lowest BCUT2D eigenvalue weighted by atomic mass is 9.96. The molecule has 0 aliphatic carbocycles. The van der Waals surface area contributed by atoms with E-state index >= 15 is 0 Å². The summed E-state index contributed by atoms with van der Waals surface area (Å²) in [5, 5.41) is 11.8. The fraction of sp³-hybridized carbons (Fsp3) is 0.0189. The summed E-state index contributed by atoms with van der Waals surface area (Å²) in [6.45, 7) is 2.10. The van der Waals surface area contributed by atoms with Gasteiger partial charge in [-0.15, -0.1) is 0 Å². The lowest BCUT2D eigenvalue weighted by molar-refractivity contribution is 0.669. The van der Waals surface area contributed by atoms with E-state index in [-0.39, 0.29) is 0 Å². The fourth-order valence-electron chi connectivity index (χ4n) is 7.73. The van der Waals surface area contributed by atoms with Crippen molar-refractivity contribution in [3.63, 3.8) is 0 Å². The van der Waals surface area contributed by atoms with Crippen LogP contribution in [0.3, 0.4) is 0 Å². The molecule has 58 heavy (non-hydrogen) atoms. The van der Waals surface area contributed by atoms with Crippen molar-refractivity contribution in [2.75, 3.05) is 0 Å². The van der Waals surface area contributed by atoms with Gasteiger partial charge >= 0.3 is 0 Å². The molecule has 0 atom stereocenters. The molecule has 272 valence electrons. The highest BCUT2D eigenvalue weighted by atomic mass is 16.3. The van der Waals surface area contributed by atoms with Crippen LogP contribution in [-0.2, 0) is 0 Å². The molecule has 0 N–H and O–H groups in total. The molecule has 0 spiro atoms. The lowest BCUT2D eigenvalue weighted by Crippen LogP contribution is -2.00. The predicted molar refractivity (Wildman–Crippen MR) is 235 cm³/mol. The summed E-state index contributed by atoms with van der Waals surface area (Å²) in [5.41, 5.74) is 14.6. The Labute approximate surface area is 336 Å². The zero-order valence-electron chi connectivity index (χ0n) is 31.6. The van der Waals surface area contributed by atoms with E-state index in [2.05, 4.69) is 134 Å². The third-order valence-corrected chi connectivity index (χ3v) is 10.7. The summed E-state index contributed by atoms with van der Waals surface area (Å²) < 4.78 is 6.56. The maximum atomic E-state index is 9.72. The molecule has 0 aliphatic rings. The van der Waals surface area contributed by atoms with Gasteiger partial charge in [-0.05, 0) is 81.8 Å². The van der Waals surface area contributed by atoms with Crippen LogP contribution in [0.5, 0.6) is 0 Å². The van der Waals surface area contributed by atoms with Gasteiger partial charge in [-0.25, -0.2) is 15.0 Å². The van der Waals surface area contributed by atoms with Crippen LogP contribution < -0.4 is 0 Å². The Morgan fingerprint density at radius 1 is 0.397 bits per heavy atom. The summed E-state index contributed by atoms with van der Waals surface area (Å²) in [5.74, 6) is 1.66. The lowest BCUT2D eigenvalue weighted by Gasteiger charge is -2.10. The van der Waals surface area contributed by atoms with Gasteiger partial charge in [0.25, 0.3) is 0 Å². The van der Waals surface area contributed by atoms with Gasteiger partial charge < -0.3 is 4.42 Å². The number of aromatic nitrogens is 3. The maximum absolute atomic E-state index is 9.72. The topological polar surface area (TPSA) is 75.6 Å². The van der Waals surface area contributed by atoms with Crippen molar-refractivity contribution < 1.29 is 4.42 Å². The molecule has 0 bridgehead atoms. The van der Waals surface area contributed by atoms with E-state index in [1.54, 1.807) is 0 Å². The first-order valence-corrected chi connectivity index (χ1v) is 19.2. The van der Waals surface area contributed by atoms with Gasteiger partial charge in [0.05, 0.1) is 11.6 Å². The van der Waals surface area contributed by atoms with E-state index in [1.807, 2.05) is 66.7 Å². The number of rotatable bonds is 7. The third kappa shape index (κ3) is 6.49. The minimum atomic E-state index is 0.541. The molecule has 0 fully saturated rings. The molecule has 0 saturated heterocycles. The fourth-order valence-corrected chi connectivity index (χ4v) is 7.73. The first kappa shape index (κ1) is 34.5. The van der Waals surface area contributed by atoms with Crippen LogP contribution in [0, 0.1) is 18.3 Å². The Bertz CT molecular complexity index is 3180. The predicted octanol–water partition coefficient (Wildman–Crippen LogP) is 13.6. The average Bonchev–Trinajstić information content (AvgIpc) is 3.68. The zero-order chi connectivity index (χ0) is 39.0. The number of aryl methyl sites for hydroxylation is 1. The summed E-state index contributed by atoms with van der Waals surface area (Å²) in [7, 11) is 0. The average molecular weight is 743 g/mol. The summed E-state index contributed by atoms with van der Waals surface area (Å²) in [6.07, 6.45) is 0. The number of furan rings is 1. The second-order valence-electron chi connectivity index (χ2n) is 14.4. The van der Waals surface area contributed by atoms with Crippen LogP contribution >= 0.6 is 0 Å². The highest BCUT2D eigenvalue weighted by Crippen LogP contribution is 2.39. The number of hydrogen-bond donors (Lipinski definition) is 0. The number of benzene rings is 8. The van der Waals surface area contributed by atoms with Gasteiger partial charge in [0.1, 0.15) is 11.2 Å². The summed E-state index contributed by atoms with van der Waals surface area (Å²) in [4.78, 5) is 15.2. The van der Waals surface area contributed by atoms with Crippen LogP contribution in [0.1, 0.15) is 11.1 Å². The van der Waals surface area contributed by atoms with E-state index in [0.717, 1.165) is 77.6 Å². The molecule has 5 nitrogen and oxygen atoms in total. The van der Waals surface area contributed by atoms with Gasteiger partial charge in [0.15, 0.2) is 17.5 Å². The standard InChI is InChI=1S/C53H34N4O/c1-34-10-7-14-40(30-34)36-20-24-38(25-21-36)51-55-52(39-26-22-37(23-27-39)45-17-6-5-13-44(45)33-54)57-53(56-51)43-28-29-47-49(32-43)58-48-19-9-18-46(50(47)48)42-16-8-15-41(31-42)35-11-3-2-4-12-35/h2-32H,1H3. The first-order valence-electron chi connectivity index (χ1n) is 19.2. The van der Waals surface area contributed by atoms with E-state index < -0.39 is 0 Å². The second-order valence-corrected chi connectivity index (χ2v) is 14.4. The second kappa shape index (κ2) is 14.6. The number of nitriles is 1. The normalized spacial score (nSPS) is 11.2. The van der Waals surface area contributed by atoms with Crippen molar-refractivity contribution in [2.45, 2.75) is 6.92 Å². The van der Waals surface area contributed by atoms with Crippen LogP contribution in [-0.4, -0.2) is 15.0 Å². The monoisotopic (exact) mass is 742 g/mol. The minimum absolute atomic E-state index is 0.541. The van der Waals surface area contributed by atoms with Gasteiger partial charge in [0.2, 0.25) is 0 Å². The van der Waals surface area contributed by atoms with E-state index in [1.165, 1.54) is 11.1 Å². The molecule has 0 amide bonds. The van der Waals surface area contributed by atoms with E-state index in [0.29, 0.717) is 23.0 Å². The molecule has 10 rings (SSSR count). The third-order valence-electron chi connectivity index (χ3n) is 10.7. The Kier molecular flexibility index (Phi) is 8.70. The molecule has 10 aromatic rings. The Balaban J connectivity index is 1.07. The van der Waals surface area contributed by atoms with E-state index in [9.17, 15) is 5.26 Å². The van der Waals surface area contributed by atoms with Gasteiger partial charge in [-0.1, -0.05) is 163 Å². The minimum Gasteiger partial charge on any atom is -0.456 e. The maximum Gasteiger partial charge on any atom is 0.164 e. The molecule has 2 aromatic heterocycles. The number of hydrogen-bond acceptors (Lipinski definition) is 5. The SMILES string of the molecule is Cc1cccc(-c2ccc(-c3nc(-c4ccc(-c5ccccc5C#N)cc4)nc(-c4ccc5c(c4)oc4cccc(-c6cccc(-c7ccccc7)c6)c45)n3)cc2)c1. The Morgan fingerprint density at radius 2 is 0.931 bits per heavy atom. The highest BCUT2D eigenvalue weighted by molar-refractivity contribution is 6.13. The summed E-state index contributed by atoms with van der Waals surface area (Å²) in [6, 6.07) is 66.4. The van der Waals surface area contributed by atoms with Crippen molar-refractivity contribution in [3.05, 3.63) is 199 Å². The van der Waals surface area contributed by atoms with Crippen LogP contribution in [0.15, 0.2) is 192 Å². The largest absolute Gasteiger partial charge is 0.456 e. The molecular weight excluding hydrogens is 709 g/mol. The van der Waals surface area contributed by atoms with Crippen LogP contribution in [0.4, 0.5) is 0 Å². The van der Waals surface area contributed by atoms with Gasteiger partial charge in [-0.2, -0.15) is 5.26 Å². The molecule has 0 radical (unpaired) electrons. The first-order chi connectivity index (χ1) is 28.6. The van der Waals surface area contributed by atoms with Crippen molar-refractivity contribution >= 4 is 21.9 Å². The smallest absolute Gasteiger partial charge is 0.164 e. The quantitative estimate of drug-likeness (QED) is 0.162. The van der Waals surface area contributed by atoms with Crippen LogP contribution in [0.2, 0.25) is 0 Å². The number of fused-ring (bicyclic) bond motifs is 3. The van der Waals surface area contributed by atoms with E-state index in [4.69, 9.17) is 19.4 Å².